The fourth-order valence-corrected chi connectivity index (χ4v) is 3.36. The lowest BCUT2D eigenvalue weighted by atomic mass is 10.0. The number of rotatable bonds is 8. The van der Waals surface area contributed by atoms with Crippen molar-refractivity contribution in [2.75, 3.05) is 10.6 Å². The van der Waals surface area contributed by atoms with Gasteiger partial charge >= 0.3 is 0 Å². The van der Waals surface area contributed by atoms with Gasteiger partial charge in [0.25, 0.3) is 0 Å². The smallest absolute Gasteiger partial charge is 0.0385 e. The normalized spacial score (nSPS) is 11.1. The summed E-state index contributed by atoms with van der Waals surface area (Å²) in [6, 6.07) is 25.9. The van der Waals surface area contributed by atoms with Gasteiger partial charge in [-0.05, 0) is 84.3 Å². The molecule has 3 rings (SSSR count). The summed E-state index contributed by atoms with van der Waals surface area (Å²) in [5.74, 6) is 1.37. The Hall–Kier alpha value is -2.74. The minimum Gasteiger partial charge on any atom is -0.356 e. The van der Waals surface area contributed by atoms with Crippen LogP contribution in [0.25, 0.3) is 0 Å². The Balaban J connectivity index is 1.57. The molecule has 146 valence electrons. The first-order valence-corrected chi connectivity index (χ1v) is 10.3. The molecule has 0 unspecified atom stereocenters. The Morgan fingerprint density at radius 3 is 0.964 bits per heavy atom. The largest absolute Gasteiger partial charge is 0.356 e. The van der Waals surface area contributed by atoms with Gasteiger partial charge in [0.05, 0.1) is 0 Å². The predicted octanol–water partition coefficient (Wildman–Crippen LogP) is 7.57. The Morgan fingerprint density at radius 2 is 0.714 bits per heavy atom. The molecule has 3 aromatic carbocycles. The molecule has 0 aliphatic carbocycles. The molecule has 2 heteroatoms. The van der Waals surface area contributed by atoms with E-state index in [9.17, 15) is 0 Å². The first kappa shape index (κ1) is 20.0. The second-order valence-corrected chi connectivity index (χ2v) is 8.42. The first-order chi connectivity index (χ1) is 13.5. The van der Waals surface area contributed by atoms with Crippen LogP contribution >= 0.6 is 0 Å². The Labute approximate surface area is 170 Å². The van der Waals surface area contributed by atoms with Gasteiger partial charge in [-0.1, -0.05) is 52.0 Å². The molecule has 0 spiro atoms. The van der Waals surface area contributed by atoms with Gasteiger partial charge in [0.2, 0.25) is 0 Å². The zero-order valence-electron chi connectivity index (χ0n) is 17.5. The van der Waals surface area contributed by atoms with E-state index < -0.39 is 0 Å². The van der Waals surface area contributed by atoms with Crippen molar-refractivity contribution in [2.45, 2.75) is 40.5 Å². The molecule has 0 radical (unpaired) electrons. The van der Waals surface area contributed by atoms with Crippen LogP contribution in [0.4, 0.5) is 22.7 Å². The number of nitrogens with one attached hydrogen (secondary N) is 2. The van der Waals surface area contributed by atoms with E-state index in [2.05, 4.69) is 111 Å². The van der Waals surface area contributed by atoms with E-state index in [0.29, 0.717) is 11.8 Å². The predicted molar refractivity (Wildman–Crippen MR) is 123 cm³/mol. The fourth-order valence-electron chi connectivity index (χ4n) is 3.36. The third kappa shape index (κ3) is 6.16. The second kappa shape index (κ2) is 9.45. The zero-order chi connectivity index (χ0) is 19.9. The second-order valence-electron chi connectivity index (χ2n) is 8.42. The van der Waals surface area contributed by atoms with E-state index in [-0.39, 0.29) is 0 Å². The van der Waals surface area contributed by atoms with Gasteiger partial charge in [-0.15, -0.1) is 0 Å². The summed E-state index contributed by atoms with van der Waals surface area (Å²) in [4.78, 5) is 0. The van der Waals surface area contributed by atoms with Gasteiger partial charge in [0.15, 0.2) is 0 Å². The van der Waals surface area contributed by atoms with Crippen molar-refractivity contribution >= 4 is 22.7 Å². The van der Waals surface area contributed by atoms with Gasteiger partial charge in [-0.3, -0.25) is 0 Å². The molecule has 3 aromatic rings. The molecule has 0 aromatic heterocycles. The van der Waals surface area contributed by atoms with Crippen LogP contribution in [0.1, 0.15) is 38.8 Å². The molecule has 0 saturated heterocycles. The molecular formula is C26H32N2. The number of anilines is 4. The van der Waals surface area contributed by atoms with Crippen molar-refractivity contribution in [1.82, 2.24) is 0 Å². The van der Waals surface area contributed by atoms with Gasteiger partial charge in [-0.25, -0.2) is 0 Å². The van der Waals surface area contributed by atoms with Gasteiger partial charge in [0.1, 0.15) is 0 Å². The molecule has 2 nitrogen and oxygen atoms in total. The highest BCUT2D eigenvalue weighted by Crippen LogP contribution is 2.23. The van der Waals surface area contributed by atoms with Crippen LogP contribution in [0.3, 0.4) is 0 Å². The zero-order valence-corrected chi connectivity index (χ0v) is 17.5. The average Bonchev–Trinajstić information content (AvgIpc) is 2.66. The summed E-state index contributed by atoms with van der Waals surface area (Å²) in [6.07, 6.45) is 2.25. The quantitative estimate of drug-likeness (QED) is 0.426. The summed E-state index contributed by atoms with van der Waals surface area (Å²) >= 11 is 0. The lowest BCUT2D eigenvalue weighted by Gasteiger charge is -2.11. The van der Waals surface area contributed by atoms with Crippen molar-refractivity contribution in [3.8, 4) is 0 Å². The number of benzene rings is 3. The van der Waals surface area contributed by atoms with Crippen molar-refractivity contribution < 1.29 is 0 Å². The number of hydrogen-bond acceptors (Lipinski definition) is 2. The molecule has 0 aliphatic heterocycles. The van der Waals surface area contributed by atoms with Crippen LogP contribution in [-0.2, 0) is 12.8 Å². The minimum atomic E-state index is 0.685. The maximum Gasteiger partial charge on any atom is 0.0385 e. The third-order valence-electron chi connectivity index (χ3n) is 4.66. The molecule has 28 heavy (non-hydrogen) atoms. The van der Waals surface area contributed by atoms with Crippen molar-refractivity contribution in [2.24, 2.45) is 11.8 Å². The summed E-state index contributed by atoms with van der Waals surface area (Å²) in [7, 11) is 0. The molecule has 0 amide bonds. The van der Waals surface area contributed by atoms with E-state index in [0.717, 1.165) is 35.6 Å². The highest BCUT2D eigenvalue weighted by atomic mass is 14.9. The lowest BCUT2D eigenvalue weighted by molar-refractivity contribution is 0.647. The van der Waals surface area contributed by atoms with Gasteiger partial charge in [0, 0.05) is 22.7 Å². The monoisotopic (exact) mass is 372 g/mol. The van der Waals surface area contributed by atoms with Gasteiger partial charge in [-0.2, -0.15) is 0 Å². The summed E-state index contributed by atoms with van der Waals surface area (Å²) in [5, 5.41) is 6.95. The molecule has 0 atom stereocenters. The molecule has 0 aliphatic rings. The molecule has 0 fully saturated rings. The van der Waals surface area contributed by atoms with Crippen LogP contribution < -0.4 is 10.6 Å². The van der Waals surface area contributed by atoms with E-state index in [1.165, 1.54) is 11.1 Å². The maximum atomic E-state index is 3.47. The molecule has 0 heterocycles. The first-order valence-electron chi connectivity index (χ1n) is 10.3. The average molecular weight is 373 g/mol. The SMILES string of the molecule is CC(C)Cc1ccc(Nc2ccc(Nc3ccc(CC(C)C)cc3)cc2)cc1. The van der Waals surface area contributed by atoms with Crippen LogP contribution in [0, 0.1) is 11.8 Å². The highest BCUT2D eigenvalue weighted by molar-refractivity contribution is 5.66. The van der Waals surface area contributed by atoms with Crippen molar-refractivity contribution in [3.63, 3.8) is 0 Å². The highest BCUT2D eigenvalue weighted by Gasteiger charge is 2.01. The van der Waals surface area contributed by atoms with Crippen LogP contribution in [0.2, 0.25) is 0 Å². The standard InChI is InChI=1S/C26H32N2/c1-19(2)17-21-5-9-23(10-6-21)27-25-13-15-26(16-14-25)28-24-11-7-22(8-12-24)18-20(3)4/h5-16,19-20,27-28H,17-18H2,1-4H3. The van der Waals surface area contributed by atoms with E-state index >= 15 is 0 Å². The summed E-state index contributed by atoms with van der Waals surface area (Å²) in [6.45, 7) is 9.01. The molecule has 0 bridgehead atoms. The summed E-state index contributed by atoms with van der Waals surface area (Å²) in [5.41, 5.74) is 7.20. The van der Waals surface area contributed by atoms with Crippen LogP contribution in [-0.4, -0.2) is 0 Å². The topological polar surface area (TPSA) is 24.1 Å². The molecule has 2 N–H and O–H groups in total. The van der Waals surface area contributed by atoms with Crippen molar-refractivity contribution in [1.29, 1.82) is 0 Å². The number of hydrogen-bond donors (Lipinski definition) is 2. The maximum absolute atomic E-state index is 3.47. The van der Waals surface area contributed by atoms with Crippen LogP contribution in [0.5, 0.6) is 0 Å². The van der Waals surface area contributed by atoms with Crippen molar-refractivity contribution in [3.05, 3.63) is 83.9 Å². The lowest BCUT2D eigenvalue weighted by Crippen LogP contribution is -1.96. The Kier molecular flexibility index (Phi) is 6.76. The fraction of sp³-hybridized carbons (Fsp3) is 0.308. The van der Waals surface area contributed by atoms with E-state index in [1.807, 2.05) is 0 Å². The molecular weight excluding hydrogens is 340 g/mol. The van der Waals surface area contributed by atoms with Gasteiger partial charge < -0.3 is 10.6 Å². The molecule has 0 saturated carbocycles. The Bertz CT molecular complexity index is 770. The minimum absolute atomic E-state index is 0.685. The Morgan fingerprint density at radius 1 is 0.464 bits per heavy atom. The summed E-state index contributed by atoms with van der Waals surface area (Å²) < 4.78 is 0. The van der Waals surface area contributed by atoms with E-state index in [1.54, 1.807) is 0 Å². The third-order valence-corrected chi connectivity index (χ3v) is 4.66. The van der Waals surface area contributed by atoms with E-state index in [4.69, 9.17) is 0 Å². The van der Waals surface area contributed by atoms with Crippen LogP contribution in [0.15, 0.2) is 72.8 Å².